The fraction of sp³-hybridized carbons (Fsp3) is 0.357. The van der Waals surface area contributed by atoms with E-state index in [-0.39, 0.29) is 17.9 Å². The number of nitrogens with zero attached hydrogens (tertiary/aromatic N) is 1. The average Bonchev–Trinajstić information content (AvgIpc) is 2.83. The first-order chi connectivity index (χ1) is 8.61. The van der Waals surface area contributed by atoms with Crippen LogP contribution >= 0.6 is 0 Å². The third kappa shape index (κ3) is 2.54. The summed E-state index contributed by atoms with van der Waals surface area (Å²) < 4.78 is 5.16. The molecule has 0 aromatic heterocycles. The van der Waals surface area contributed by atoms with E-state index < -0.39 is 0 Å². The molecule has 0 aliphatic heterocycles. The van der Waals surface area contributed by atoms with E-state index in [1.54, 1.807) is 19.1 Å². The molecule has 0 radical (unpaired) electrons. The van der Waals surface area contributed by atoms with Crippen molar-refractivity contribution in [1.29, 1.82) is 0 Å². The van der Waals surface area contributed by atoms with Crippen molar-refractivity contribution in [1.82, 2.24) is 0 Å². The number of anilines is 1. The maximum absolute atomic E-state index is 12.3. The summed E-state index contributed by atoms with van der Waals surface area (Å²) in [6.07, 6.45) is 4.47. The highest BCUT2D eigenvalue weighted by Gasteiger charge is 2.26. The second kappa shape index (κ2) is 5.23. The number of ether oxygens (including phenoxy) is 1. The third-order valence-corrected chi connectivity index (χ3v) is 3.21. The van der Waals surface area contributed by atoms with Gasteiger partial charge in [0, 0.05) is 24.8 Å². The van der Waals surface area contributed by atoms with Crippen LogP contribution in [0.25, 0.3) is 0 Å². The van der Waals surface area contributed by atoms with Crippen LogP contribution in [-0.2, 0) is 4.79 Å². The van der Waals surface area contributed by atoms with Crippen molar-refractivity contribution in [3.05, 3.63) is 36.4 Å². The molecule has 2 atom stereocenters. The Kier molecular flexibility index (Phi) is 3.67. The van der Waals surface area contributed by atoms with Crippen molar-refractivity contribution in [2.24, 2.45) is 11.7 Å². The number of nitrogens with two attached hydrogens (primary N) is 1. The molecule has 4 nitrogen and oxygen atoms in total. The summed E-state index contributed by atoms with van der Waals surface area (Å²) in [4.78, 5) is 13.9. The van der Waals surface area contributed by atoms with Gasteiger partial charge in [0.25, 0.3) is 0 Å². The molecule has 0 spiro atoms. The first kappa shape index (κ1) is 12.6. The Labute approximate surface area is 107 Å². The van der Waals surface area contributed by atoms with E-state index in [0.29, 0.717) is 6.42 Å². The molecule has 18 heavy (non-hydrogen) atoms. The van der Waals surface area contributed by atoms with Crippen molar-refractivity contribution < 1.29 is 9.53 Å². The zero-order valence-electron chi connectivity index (χ0n) is 10.7. The van der Waals surface area contributed by atoms with Crippen molar-refractivity contribution in [2.75, 3.05) is 19.1 Å². The zero-order chi connectivity index (χ0) is 13.1. The topological polar surface area (TPSA) is 55.6 Å². The molecule has 96 valence electrons. The molecule has 0 heterocycles. The first-order valence-corrected chi connectivity index (χ1v) is 5.97. The smallest absolute Gasteiger partial charge is 0.233 e. The van der Waals surface area contributed by atoms with Gasteiger partial charge in [-0.05, 0) is 18.6 Å². The minimum Gasteiger partial charge on any atom is -0.497 e. The maximum atomic E-state index is 12.3. The van der Waals surface area contributed by atoms with Crippen molar-refractivity contribution >= 4 is 11.6 Å². The Hall–Kier alpha value is -1.81. The lowest BCUT2D eigenvalue weighted by Gasteiger charge is -2.21. The summed E-state index contributed by atoms with van der Waals surface area (Å²) >= 11 is 0. The minimum absolute atomic E-state index is 0.00217. The van der Waals surface area contributed by atoms with Crippen LogP contribution in [-0.4, -0.2) is 26.1 Å². The Morgan fingerprint density at radius 2 is 2.22 bits per heavy atom. The van der Waals surface area contributed by atoms with Crippen molar-refractivity contribution in [2.45, 2.75) is 12.5 Å². The molecular weight excluding hydrogens is 228 g/mol. The monoisotopic (exact) mass is 246 g/mol. The first-order valence-electron chi connectivity index (χ1n) is 5.97. The SMILES string of the molecule is COc1cccc(N(C)C(=O)C2C=CC(N)C2)c1. The molecule has 1 aromatic carbocycles. The summed E-state index contributed by atoms with van der Waals surface area (Å²) in [5, 5.41) is 0. The van der Waals surface area contributed by atoms with Gasteiger partial charge in [-0.3, -0.25) is 4.79 Å². The van der Waals surface area contributed by atoms with Crippen LogP contribution in [0, 0.1) is 5.92 Å². The number of carbonyl (C=O) groups is 1. The molecule has 4 heteroatoms. The molecule has 0 saturated heterocycles. The summed E-state index contributed by atoms with van der Waals surface area (Å²) in [6, 6.07) is 7.45. The third-order valence-electron chi connectivity index (χ3n) is 3.21. The Morgan fingerprint density at radius 3 is 2.83 bits per heavy atom. The minimum atomic E-state index is -0.115. The molecule has 1 aromatic rings. The van der Waals surface area contributed by atoms with E-state index in [0.717, 1.165) is 11.4 Å². The summed E-state index contributed by atoms with van der Waals surface area (Å²) in [7, 11) is 3.38. The van der Waals surface area contributed by atoms with E-state index in [4.69, 9.17) is 10.5 Å². The molecule has 2 unspecified atom stereocenters. The lowest BCUT2D eigenvalue weighted by Crippen LogP contribution is -2.32. The van der Waals surface area contributed by atoms with Crippen molar-refractivity contribution in [3.63, 3.8) is 0 Å². The van der Waals surface area contributed by atoms with Crippen LogP contribution in [0.2, 0.25) is 0 Å². The van der Waals surface area contributed by atoms with Crippen LogP contribution in [0.15, 0.2) is 36.4 Å². The highest BCUT2D eigenvalue weighted by molar-refractivity contribution is 5.96. The number of hydrogen-bond acceptors (Lipinski definition) is 3. The fourth-order valence-electron chi connectivity index (χ4n) is 2.11. The molecule has 0 bridgehead atoms. The molecule has 2 N–H and O–H groups in total. The molecule has 1 aliphatic carbocycles. The molecule has 1 amide bonds. The second-order valence-corrected chi connectivity index (χ2v) is 4.49. The van der Waals surface area contributed by atoms with E-state index in [1.165, 1.54) is 0 Å². The van der Waals surface area contributed by atoms with Gasteiger partial charge in [-0.1, -0.05) is 18.2 Å². The highest BCUT2D eigenvalue weighted by atomic mass is 16.5. The maximum Gasteiger partial charge on any atom is 0.233 e. The van der Waals surface area contributed by atoms with Crippen LogP contribution in [0.5, 0.6) is 5.75 Å². The van der Waals surface area contributed by atoms with E-state index in [1.807, 2.05) is 36.4 Å². The van der Waals surface area contributed by atoms with E-state index >= 15 is 0 Å². The Balaban J connectivity index is 2.13. The summed E-state index contributed by atoms with van der Waals surface area (Å²) in [5.41, 5.74) is 6.60. The van der Waals surface area contributed by atoms with Gasteiger partial charge in [0.1, 0.15) is 5.75 Å². The van der Waals surface area contributed by atoms with Gasteiger partial charge in [0.05, 0.1) is 13.0 Å². The Bertz CT molecular complexity index is 471. The van der Waals surface area contributed by atoms with Gasteiger partial charge < -0.3 is 15.4 Å². The van der Waals surface area contributed by atoms with E-state index in [2.05, 4.69) is 0 Å². The number of carbonyl (C=O) groups excluding carboxylic acids is 1. The predicted molar refractivity (Wildman–Crippen MR) is 71.6 cm³/mol. The lowest BCUT2D eigenvalue weighted by molar-refractivity contribution is -0.120. The number of rotatable bonds is 3. The second-order valence-electron chi connectivity index (χ2n) is 4.49. The highest BCUT2D eigenvalue weighted by Crippen LogP contribution is 2.24. The fourth-order valence-corrected chi connectivity index (χ4v) is 2.11. The van der Waals surface area contributed by atoms with Crippen LogP contribution < -0.4 is 15.4 Å². The number of hydrogen-bond donors (Lipinski definition) is 1. The normalized spacial score (nSPS) is 21.9. The number of methoxy groups -OCH3 is 1. The molecule has 0 saturated carbocycles. The molecule has 1 aliphatic rings. The van der Waals surface area contributed by atoms with Crippen LogP contribution in [0.3, 0.4) is 0 Å². The van der Waals surface area contributed by atoms with Crippen LogP contribution in [0.1, 0.15) is 6.42 Å². The number of benzene rings is 1. The van der Waals surface area contributed by atoms with Crippen LogP contribution in [0.4, 0.5) is 5.69 Å². The summed E-state index contributed by atoms with van der Waals surface area (Å²) in [6.45, 7) is 0. The van der Waals surface area contributed by atoms with Gasteiger partial charge in [0.15, 0.2) is 0 Å². The molecule has 0 fully saturated rings. The quantitative estimate of drug-likeness (QED) is 0.823. The van der Waals surface area contributed by atoms with Gasteiger partial charge in [0.2, 0.25) is 5.91 Å². The molecule has 2 rings (SSSR count). The lowest BCUT2D eigenvalue weighted by atomic mass is 10.1. The van der Waals surface area contributed by atoms with Gasteiger partial charge in [-0.25, -0.2) is 0 Å². The van der Waals surface area contributed by atoms with Crippen molar-refractivity contribution in [3.8, 4) is 5.75 Å². The van der Waals surface area contributed by atoms with E-state index in [9.17, 15) is 4.79 Å². The predicted octanol–water partition coefficient (Wildman–Crippen LogP) is 1.56. The van der Waals surface area contributed by atoms with Gasteiger partial charge in [-0.15, -0.1) is 0 Å². The average molecular weight is 246 g/mol. The number of amides is 1. The Morgan fingerprint density at radius 1 is 1.44 bits per heavy atom. The van der Waals surface area contributed by atoms with Gasteiger partial charge in [-0.2, -0.15) is 0 Å². The molecular formula is C14H18N2O2. The largest absolute Gasteiger partial charge is 0.497 e. The summed E-state index contributed by atoms with van der Waals surface area (Å²) in [5.74, 6) is 0.689. The van der Waals surface area contributed by atoms with Gasteiger partial charge >= 0.3 is 0 Å². The zero-order valence-corrected chi connectivity index (χ0v) is 10.7. The standard InChI is InChI=1S/C14H18N2O2/c1-16(12-4-3-5-13(9-12)18-2)14(17)10-6-7-11(15)8-10/h3-7,9-11H,8,15H2,1-2H3.